The van der Waals surface area contributed by atoms with Gasteiger partial charge < -0.3 is 0 Å². The van der Waals surface area contributed by atoms with Crippen molar-refractivity contribution >= 4 is 48.2 Å². The van der Waals surface area contributed by atoms with E-state index in [1.807, 2.05) is 0 Å². The first kappa shape index (κ1) is 20.7. The highest BCUT2D eigenvalue weighted by Crippen LogP contribution is 2.43. The van der Waals surface area contributed by atoms with Gasteiger partial charge in [0.1, 0.15) is 3.58 Å². The zero-order chi connectivity index (χ0) is 19.5. The molecule has 2 heterocycles. The van der Waals surface area contributed by atoms with Gasteiger partial charge in [0.2, 0.25) is 0 Å². The van der Waals surface area contributed by atoms with Crippen LogP contribution in [0.5, 0.6) is 0 Å². The first-order chi connectivity index (χ1) is 12.1. The van der Waals surface area contributed by atoms with E-state index in [1.165, 1.54) is 25.1 Å². The van der Waals surface area contributed by atoms with Crippen LogP contribution in [0.3, 0.4) is 0 Å². The van der Waals surface area contributed by atoms with E-state index in [0.717, 1.165) is 6.08 Å². The van der Waals surface area contributed by atoms with Crippen molar-refractivity contribution in [1.29, 1.82) is 0 Å². The molecule has 0 unspecified atom stereocenters. The number of pyridine rings is 1. The Morgan fingerprint density at radius 3 is 2.62 bits per heavy atom. The smallest absolute Gasteiger partial charge is 0.246 e. The molecule has 1 aromatic rings. The molecule has 0 saturated heterocycles. The van der Waals surface area contributed by atoms with Crippen LogP contribution in [0, 0.1) is 0 Å². The quantitative estimate of drug-likeness (QED) is 0.389. The van der Waals surface area contributed by atoms with Gasteiger partial charge >= 0.3 is 6.18 Å². The second-order valence-corrected chi connectivity index (χ2v) is 9.57. The first-order valence-corrected chi connectivity index (χ1v) is 11.2. The molecule has 1 aromatic heterocycles. The van der Waals surface area contributed by atoms with Crippen molar-refractivity contribution < 1.29 is 21.6 Å². The van der Waals surface area contributed by atoms with Crippen molar-refractivity contribution in [3.63, 3.8) is 0 Å². The Morgan fingerprint density at radius 1 is 1.35 bits per heavy atom. The molecule has 0 fully saturated rings. The van der Waals surface area contributed by atoms with Crippen molar-refractivity contribution in [3.05, 3.63) is 56.8 Å². The Hall–Kier alpha value is -1.62. The topological polar surface area (TPSA) is 59.4 Å². The lowest BCUT2D eigenvalue weighted by Crippen LogP contribution is -2.10. The van der Waals surface area contributed by atoms with E-state index < -0.39 is 40.6 Å². The Morgan fingerprint density at radius 2 is 2.04 bits per heavy atom. The molecule has 1 aliphatic rings. The number of allylic oxidation sites excluding steroid dienone is 5. The minimum absolute atomic E-state index is 0.00857. The van der Waals surface area contributed by atoms with Gasteiger partial charge in [-0.3, -0.25) is 0 Å². The first-order valence-electron chi connectivity index (χ1n) is 7.50. The molecule has 0 aliphatic carbocycles. The number of hydrogen-bond acceptors (Lipinski definition) is 4. The highest BCUT2D eigenvalue weighted by Gasteiger charge is 2.35. The summed E-state index contributed by atoms with van der Waals surface area (Å²) in [7, 11) is -3.58. The van der Waals surface area contributed by atoms with Gasteiger partial charge in [-0.2, -0.15) is 13.2 Å². The van der Waals surface area contributed by atoms with Crippen molar-refractivity contribution in [2.24, 2.45) is 3.15 Å². The van der Waals surface area contributed by atoms with Gasteiger partial charge in [-0.15, -0.1) is 0 Å². The van der Waals surface area contributed by atoms with Crippen molar-refractivity contribution in [2.45, 2.75) is 20.0 Å². The molecule has 2 rings (SSSR count). The van der Waals surface area contributed by atoms with Crippen LogP contribution >= 0.6 is 21.0 Å². The molecule has 0 radical (unpaired) electrons. The zero-order valence-electron chi connectivity index (χ0n) is 14.0. The molecule has 0 N–H and O–H groups in total. The molecule has 0 bridgehead atoms. The van der Waals surface area contributed by atoms with Gasteiger partial charge in [-0.05, 0) is 31.2 Å². The Kier molecular flexibility index (Phi) is 6.33. The fraction of sp³-hybridized carbons (Fsp3) is 0.235. The van der Waals surface area contributed by atoms with Crippen LogP contribution in [0.25, 0.3) is 11.6 Å². The minimum Gasteiger partial charge on any atom is -0.246 e. The van der Waals surface area contributed by atoms with Gasteiger partial charge in [-0.25, -0.2) is 16.5 Å². The number of halogens is 4. The lowest BCUT2D eigenvalue weighted by molar-refractivity contribution is -0.0810. The number of hydrogen-bond donors (Lipinski definition) is 0. The van der Waals surface area contributed by atoms with Crippen LogP contribution in [0.1, 0.15) is 25.2 Å². The SMILES string of the molecule is C=C(/C(=C\C=C/C)S(=O)(=O)CC)c1ccc2c(n1)C=C(C(F)(F)F)I=N2. The van der Waals surface area contributed by atoms with Crippen LogP contribution in [0.4, 0.5) is 18.9 Å². The van der Waals surface area contributed by atoms with Crippen molar-refractivity contribution in [1.82, 2.24) is 4.98 Å². The lowest BCUT2D eigenvalue weighted by atomic mass is 10.1. The number of sulfone groups is 1. The van der Waals surface area contributed by atoms with Crippen molar-refractivity contribution in [3.8, 4) is 0 Å². The molecular formula is C17H16F3IN2O2S. The summed E-state index contributed by atoms with van der Waals surface area (Å²) in [4.78, 5) is 4.16. The third-order valence-electron chi connectivity index (χ3n) is 3.42. The summed E-state index contributed by atoms with van der Waals surface area (Å²) >= 11 is -1.52. The van der Waals surface area contributed by atoms with E-state index in [1.54, 1.807) is 19.1 Å². The number of rotatable bonds is 5. The second kappa shape index (κ2) is 7.95. The summed E-state index contributed by atoms with van der Waals surface area (Å²) in [6.07, 6.45) is 1.18. The maximum absolute atomic E-state index is 12.9. The minimum atomic E-state index is -4.44. The molecular weight excluding hydrogens is 480 g/mol. The predicted molar refractivity (Wildman–Crippen MR) is 106 cm³/mol. The molecule has 0 aromatic carbocycles. The van der Waals surface area contributed by atoms with Crippen LogP contribution in [-0.4, -0.2) is 25.3 Å². The maximum Gasteiger partial charge on any atom is 0.423 e. The van der Waals surface area contributed by atoms with E-state index in [-0.39, 0.29) is 27.6 Å². The van der Waals surface area contributed by atoms with E-state index in [9.17, 15) is 21.6 Å². The van der Waals surface area contributed by atoms with Gasteiger partial charge in [0.05, 0.1) is 27.7 Å². The Balaban J connectivity index is 2.52. The van der Waals surface area contributed by atoms with Gasteiger partial charge in [0.15, 0.2) is 9.84 Å². The molecule has 26 heavy (non-hydrogen) atoms. The number of alkyl halides is 3. The van der Waals surface area contributed by atoms with Crippen LogP contribution in [-0.2, 0) is 9.84 Å². The molecule has 4 nitrogen and oxygen atoms in total. The van der Waals surface area contributed by atoms with E-state index >= 15 is 0 Å². The molecule has 0 spiro atoms. The fourth-order valence-electron chi connectivity index (χ4n) is 2.04. The monoisotopic (exact) mass is 496 g/mol. The van der Waals surface area contributed by atoms with E-state index in [2.05, 4.69) is 14.7 Å². The molecule has 1 aliphatic heterocycles. The second-order valence-electron chi connectivity index (χ2n) is 5.20. The van der Waals surface area contributed by atoms with Crippen LogP contribution in [0.15, 0.2) is 48.6 Å². The summed E-state index contributed by atoms with van der Waals surface area (Å²) in [5.41, 5.74) is 0.778. The van der Waals surface area contributed by atoms with E-state index in [4.69, 9.17) is 0 Å². The van der Waals surface area contributed by atoms with Gasteiger partial charge in [0, 0.05) is 26.6 Å². The average Bonchev–Trinajstić information content (AvgIpc) is 2.60. The standard InChI is InChI=1S/C17H16F3IN2O2S/c1-4-6-7-15(26(24,25)5-2)11(3)12-8-9-13-14(22-12)10-16(21-23-13)17(18,19)20/h4,6-10H,3,5H2,1-2H3/b6-4-,15-7+. The zero-order valence-corrected chi connectivity index (χ0v) is 17.0. The summed E-state index contributed by atoms with van der Waals surface area (Å²) < 4.78 is 66.7. The third-order valence-corrected chi connectivity index (χ3v) is 7.44. The number of fused-ring (bicyclic) bond motifs is 1. The highest BCUT2D eigenvalue weighted by molar-refractivity contribution is 14.2. The Labute approximate surface area is 160 Å². The van der Waals surface area contributed by atoms with E-state index in [0.29, 0.717) is 5.69 Å². The normalized spacial score (nSPS) is 15.4. The highest BCUT2D eigenvalue weighted by atomic mass is 127. The summed E-state index contributed by atoms with van der Waals surface area (Å²) in [6.45, 7) is 7.04. The summed E-state index contributed by atoms with van der Waals surface area (Å²) in [5, 5.41) is 0. The third kappa shape index (κ3) is 4.56. The molecule has 0 amide bonds. The summed E-state index contributed by atoms with van der Waals surface area (Å²) in [6, 6.07) is 3.06. The van der Waals surface area contributed by atoms with Crippen LogP contribution in [0.2, 0.25) is 0 Å². The van der Waals surface area contributed by atoms with Gasteiger partial charge in [-0.1, -0.05) is 25.7 Å². The number of aromatic nitrogens is 1. The fourth-order valence-corrected chi connectivity index (χ4v) is 4.75. The van der Waals surface area contributed by atoms with Gasteiger partial charge in [0.25, 0.3) is 0 Å². The predicted octanol–water partition coefficient (Wildman–Crippen LogP) is 5.69. The molecule has 0 saturated carbocycles. The summed E-state index contributed by atoms with van der Waals surface area (Å²) in [5.74, 6) is -0.127. The average molecular weight is 496 g/mol. The maximum atomic E-state index is 12.9. The largest absolute Gasteiger partial charge is 0.423 e. The number of nitrogens with zero attached hydrogens (tertiary/aromatic N) is 2. The molecule has 140 valence electrons. The Bertz CT molecular complexity index is 959. The molecule has 9 heteroatoms. The molecule has 0 atom stereocenters. The lowest BCUT2D eigenvalue weighted by Gasteiger charge is -2.14. The van der Waals surface area contributed by atoms with Crippen LogP contribution < -0.4 is 0 Å². The van der Waals surface area contributed by atoms with Crippen molar-refractivity contribution in [2.75, 3.05) is 5.75 Å².